The Hall–Kier alpha value is -3.49. The molecule has 1 fully saturated rings. The number of rotatable bonds is 8. The average Bonchev–Trinajstić information content (AvgIpc) is 3.34. The molecule has 1 aliphatic rings. The normalized spacial score (nSPS) is 15.4. The predicted octanol–water partition coefficient (Wildman–Crippen LogP) is 5.46. The minimum absolute atomic E-state index is 0.00996. The molecule has 9 heteroatoms. The number of nitrogens with zero attached hydrogens (tertiary/aromatic N) is 2. The summed E-state index contributed by atoms with van der Waals surface area (Å²) in [5.74, 6) is 0.0824. The van der Waals surface area contributed by atoms with Crippen molar-refractivity contribution in [2.75, 3.05) is 30.5 Å². The van der Waals surface area contributed by atoms with E-state index in [2.05, 4.69) is 20.6 Å². The summed E-state index contributed by atoms with van der Waals surface area (Å²) in [4.78, 5) is 20.8. The molecule has 0 spiro atoms. The van der Waals surface area contributed by atoms with E-state index in [0.29, 0.717) is 37.3 Å². The van der Waals surface area contributed by atoms with Crippen molar-refractivity contribution in [3.8, 4) is 11.1 Å². The third kappa shape index (κ3) is 6.09. The van der Waals surface area contributed by atoms with Crippen molar-refractivity contribution in [1.82, 2.24) is 9.97 Å². The fourth-order valence-corrected chi connectivity index (χ4v) is 3.65. The highest BCUT2D eigenvalue weighted by atomic mass is 35.5. The standard InChI is InChI=1S/C25H24ClFN4O3/c1-2-34-23(32)9-6-16-4-3-5-17(12-16)20-14-28-25(30-18-7-8-22(27)21(26)13-18)31-24(20)29-19-10-11-33-15-19/h3-9,12-14,19H,2,10-11,15H2,1H3,(H2,28,29,30,31)/b9-6+/t19-/m0/s1. The first-order valence-corrected chi connectivity index (χ1v) is 11.3. The summed E-state index contributed by atoms with van der Waals surface area (Å²) in [5.41, 5.74) is 3.08. The van der Waals surface area contributed by atoms with E-state index in [9.17, 15) is 9.18 Å². The van der Waals surface area contributed by atoms with Gasteiger partial charge in [-0.1, -0.05) is 29.8 Å². The van der Waals surface area contributed by atoms with Crippen LogP contribution in [0, 0.1) is 5.82 Å². The summed E-state index contributed by atoms with van der Waals surface area (Å²) < 4.78 is 23.9. The molecule has 1 saturated heterocycles. The number of anilines is 3. The molecule has 34 heavy (non-hydrogen) atoms. The summed E-state index contributed by atoms with van der Waals surface area (Å²) in [6.07, 6.45) is 5.68. The Bertz CT molecular complexity index is 1200. The van der Waals surface area contributed by atoms with Gasteiger partial charge in [0, 0.05) is 30.1 Å². The molecule has 0 aliphatic carbocycles. The van der Waals surface area contributed by atoms with E-state index in [1.165, 1.54) is 18.2 Å². The number of benzene rings is 2. The van der Waals surface area contributed by atoms with Gasteiger partial charge in [-0.15, -0.1) is 0 Å². The van der Waals surface area contributed by atoms with Gasteiger partial charge in [-0.05, 0) is 54.8 Å². The van der Waals surface area contributed by atoms with Crippen LogP contribution < -0.4 is 10.6 Å². The second-order valence-corrected chi connectivity index (χ2v) is 8.03. The zero-order chi connectivity index (χ0) is 23.9. The minimum atomic E-state index is -0.496. The first-order chi connectivity index (χ1) is 16.5. The van der Waals surface area contributed by atoms with Crippen LogP contribution in [-0.4, -0.2) is 41.8 Å². The van der Waals surface area contributed by atoms with Crippen LogP contribution in [0.2, 0.25) is 5.02 Å². The molecule has 0 saturated carbocycles. The van der Waals surface area contributed by atoms with E-state index < -0.39 is 11.8 Å². The molecule has 0 bridgehead atoms. The highest BCUT2D eigenvalue weighted by Gasteiger charge is 2.19. The minimum Gasteiger partial charge on any atom is -0.463 e. The van der Waals surface area contributed by atoms with Crippen LogP contribution in [-0.2, 0) is 14.3 Å². The second kappa shape index (κ2) is 11.1. The fraction of sp³-hybridized carbons (Fsp3) is 0.240. The third-order valence-electron chi connectivity index (χ3n) is 5.13. The van der Waals surface area contributed by atoms with Crippen molar-refractivity contribution in [3.63, 3.8) is 0 Å². The van der Waals surface area contributed by atoms with Crippen LogP contribution in [0.3, 0.4) is 0 Å². The SMILES string of the molecule is CCOC(=O)/C=C/c1cccc(-c2cnc(Nc3ccc(F)c(Cl)c3)nc2N[C@H]2CCOC2)c1. The van der Waals surface area contributed by atoms with E-state index in [0.717, 1.165) is 23.1 Å². The Labute approximate surface area is 202 Å². The lowest BCUT2D eigenvalue weighted by Crippen LogP contribution is -2.20. The van der Waals surface area contributed by atoms with Gasteiger partial charge in [0.05, 0.1) is 24.3 Å². The first kappa shape index (κ1) is 23.7. The van der Waals surface area contributed by atoms with Gasteiger partial charge in [-0.2, -0.15) is 4.98 Å². The number of carbonyl (C=O) groups excluding carboxylic acids is 1. The number of esters is 1. The van der Waals surface area contributed by atoms with Crippen molar-refractivity contribution in [2.45, 2.75) is 19.4 Å². The third-order valence-corrected chi connectivity index (χ3v) is 5.42. The molecule has 3 aromatic rings. The van der Waals surface area contributed by atoms with E-state index >= 15 is 0 Å². The maximum Gasteiger partial charge on any atom is 0.330 e. The number of carbonyl (C=O) groups is 1. The molecular formula is C25H24ClFN4O3. The highest BCUT2D eigenvalue weighted by Crippen LogP contribution is 2.30. The Morgan fingerprint density at radius 1 is 1.32 bits per heavy atom. The number of nitrogens with one attached hydrogen (secondary N) is 2. The van der Waals surface area contributed by atoms with Gasteiger partial charge in [0.1, 0.15) is 11.6 Å². The molecule has 2 aromatic carbocycles. The van der Waals surface area contributed by atoms with Gasteiger partial charge in [-0.3, -0.25) is 0 Å². The molecule has 0 radical (unpaired) electrons. The molecule has 1 atom stereocenters. The summed E-state index contributed by atoms with van der Waals surface area (Å²) in [6.45, 7) is 3.36. The van der Waals surface area contributed by atoms with Crippen molar-refractivity contribution in [1.29, 1.82) is 0 Å². The number of ether oxygens (including phenoxy) is 2. The Kier molecular flexibility index (Phi) is 7.72. The predicted molar refractivity (Wildman–Crippen MR) is 131 cm³/mol. The molecule has 0 unspecified atom stereocenters. The van der Waals surface area contributed by atoms with Crippen LogP contribution in [0.15, 0.2) is 54.7 Å². The van der Waals surface area contributed by atoms with Gasteiger partial charge in [0.25, 0.3) is 0 Å². The fourth-order valence-electron chi connectivity index (χ4n) is 3.47. The summed E-state index contributed by atoms with van der Waals surface area (Å²) in [6, 6.07) is 12.1. The second-order valence-electron chi connectivity index (χ2n) is 7.63. The number of hydrogen-bond acceptors (Lipinski definition) is 7. The van der Waals surface area contributed by atoms with Crippen molar-refractivity contribution < 1.29 is 18.7 Å². The van der Waals surface area contributed by atoms with Gasteiger partial charge < -0.3 is 20.1 Å². The van der Waals surface area contributed by atoms with Gasteiger partial charge in [0.15, 0.2) is 0 Å². The zero-order valence-electron chi connectivity index (χ0n) is 18.6. The largest absolute Gasteiger partial charge is 0.463 e. The molecule has 1 aliphatic heterocycles. The first-order valence-electron chi connectivity index (χ1n) is 10.9. The van der Waals surface area contributed by atoms with Crippen LogP contribution in [0.1, 0.15) is 18.9 Å². The number of hydrogen-bond donors (Lipinski definition) is 2. The smallest absolute Gasteiger partial charge is 0.330 e. The van der Waals surface area contributed by atoms with E-state index in [-0.39, 0.29) is 11.1 Å². The zero-order valence-corrected chi connectivity index (χ0v) is 19.3. The summed E-state index contributed by atoms with van der Waals surface area (Å²) in [7, 11) is 0. The van der Waals surface area contributed by atoms with E-state index in [4.69, 9.17) is 21.1 Å². The van der Waals surface area contributed by atoms with E-state index in [1.54, 1.807) is 25.3 Å². The molecule has 176 valence electrons. The monoisotopic (exact) mass is 482 g/mol. The number of halogens is 2. The molecule has 1 aromatic heterocycles. The van der Waals surface area contributed by atoms with Crippen LogP contribution in [0.4, 0.5) is 21.8 Å². The summed E-state index contributed by atoms with van der Waals surface area (Å²) in [5, 5.41) is 6.52. The lowest BCUT2D eigenvalue weighted by atomic mass is 10.0. The number of aromatic nitrogens is 2. The molecule has 7 nitrogen and oxygen atoms in total. The maximum absolute atomic E-state index is 13.5. The van der Waals surface area contributed by atoms with Crippen molar-refractivity contribution >= 4 is 41.1 Å². The molecule has 0 amide bonds. The van der Waals surface area contributed by atoms with Crippen molar-refractivity contribution in [2.24, 2.45) is 0 Å². The molecular weight excluding hydrogens is 459 g/mol. The maximum atomic E-state index is 13.5. The van der Waals surface area contributed by atoms with Gasteiger partial charge >= 0.3 is 5.97 Å². The molecule has 4 rings (SSSR count). The molecule has 2 heterocycles. The van der Waals surface area contributed by atoms with Crippen LogP contribution >= 0.6 is 11.6 Å². The quantitative estimate of drug-likeness (QED) is 0.326. The average molecular weight is 483 g/mol. The van der Waals surface area contributed by atoms with Crippen molar-refractivity contribution in [3.05, 3.63) is 71.1 Å². The molecule has 2 N–H and O–H groups in total. The van der Waals surface area contributed by atoms with Crippen LogP contribution in [0.25, 0.3) is 17.2 Å². The lowest BCUT2D eigenvalue weighted by Gasteiger charge is -2.17. The lowest BCUT2D eigenvalue weighted by molar-refractivity contribution is -0.137. The topological polar surface area (TPSA) is 85.4 Å². The van der Waals surface area contributed by atoms with Gasteiger partial charge in [0.2, 0.25) is 5.95 Å². The van der Waals surface area contributed by atoms with Gasteiger partial charge in [-0.25, -0.2) is 14.2 Å². The Morgan fingerprint density at radius 3 is 2.97 bits per heavy atom. The van der Waals surface area contributed by atoms with Crippen LogP contribution in [0.5, 0.6) is 0 Å². The van der Waals surface area contributed by atoms with E-state index in [1.807, 2.05) is 24.3 Å². The Morgan fingerprint density at radius 2 is 2.21 bits per heavy atom. The summed E-state index contributed by atoms with van der Waals surface area (Å²) >= 11 is 5.89. The highest BCUT2D eigenvalue weighted by molar-refractivity contribution is 6.31. The Balaban J connectivity index is 1.63.